The van der Waals surface area contributed by atoms with Gasteiger partial charge in [0.1, 0.15) is 5.78 Å². The third-order valence-corrected chi connectivity index (χ3v) is 5.47. The molecule has 4 heteroatoms. The number of thiophene rings is 2. The van der Waals surface area contributed by atoms with Crippen LogP contribution in [-0.2, 0) is 4.79 Å². The standard InChI is InChI=1S/C14H15NOS2/c1-9-11(16)8-10(12-4-2-6-17-12)15-14(9)13-5-3-7-18-13/h2-7,9-10,14-15H,8H2,1H3/t9-,10+,14-/m1/s1. The molecule has 0 amide bonds. The molecule has 0 spiro atoms. The van der Waals surface area contributed by atoms with Crippen molar-refractivity contribution in [2.75, 3.05) is 0 Å². The predicted octanol–water partition coefficient (Wildman–Crippen LogP) is 3.79. The van der Waals surface area contributed by atoms with Gasteiger partial charge in [0.2, 0.25) is 0 Å². The first-order chi connectivity index (χ1) is 8.75. The lowest BCUT2D eigenvalue weighted by Crippen LogP contribution is -2.40. The summed E-state index contributed by atoms with van der Waals surface area (Å²) in [5.74, 6) is 0.436. The second-order valence-electron chi connectivity index (χ2n) is 4.69. The van der Waals surface area contributed by atoms with Crippen molar-refractivity contribution in [3.05, 3.63) is 44.8 Å². The molecule has 0 bridgehead atoms. The maximum absolute atomic E-state index is 12.2. The summed E-state index contributed by atoms with van der Waals surface area (Å²) in [4.78, 5) is 14.7. The summed E-state index contributed by atoms with van der Waals surface area (Å²) >= 11 is 3.44. The highest BCUT2D eigenvalue weighted by atomic mass is 32.1. The van der Waals surface area contributed by atoms with Gasteiger partial charge in [0.15, 0.2) is 0 Å². The van der Waals surface area contributed by atoms with Crippen molar-refractivity contribution < 1.29 is 4.79 Å². The molecule has 1 fully saturated rings. The first-order valence-electron chi connectivity index (χ1n) is 6.11. The summed E-state index contributed by atoms with van der Waals surface area (Å²) in [6.45, 7) is 2.03. The highest BCUT2D eigenvalue weighted by molar-refractivity contribution is 7.10. The topological polar surface area (TPSA) is 29.1 Å². The van der Waals surface area contributed by atoms with E-state index in [2.05, 4.69) is 28.2 Å². The molecule has 1 aliphatic heterocycles. The van der Waals surface area contributed by atoms with Crippen molar-refractivity contribution in [3.63, 3.8) is 0 Å². The first-order valence-corrected chi connectivity index (χ1v) is 7.87. The van der Waals surface area contributed by atoms with Crippen LogP contribution in [-0.4, -0.2) is 5.78 Å². The molecule has 2 aromatic heterocycles. The number of Topliss-reactive ketones (excluding diaryl/α,β-unsaturated/α-hetero) is 1. The average molecular weight is 277 g/mol. The largest absolute Gasteiger partial charge is 0.301 e. The van der Waals surface area contributed by atoms with Crippen molar-refractivity contribution in [3.8, 4) is 0 Å². The Kier molecular flexibility index (Phi) is 3.33. The molecule has 0 aromatic carbocycles. The minimum Gasteiger partial charge on any atom is -0.301 e. The van der Waals surface area contributed by atoms with Gasteiger partial charge < -0.3 is 5.32 Å². The smallest absolute Gasteiger partial charge is 0.139 e. The van der Waals surface area contributed by atoms with Gasteiger partial charge in [0.05, 0.1) is 6.04 Å². The van der Waals surface area contributed by atoms with E-state index in [1.165, 1.54) is 9.75 Å². The van der Waals surface area contributed by atoms with E-state index < -0.39 is 0 Å². The van der Waals surface area contributed by atoms with Crippen molar-refractivity contribution in [1.29, 1.82) is 0 Å². The van der Waals surface area contributed by atoms with E-state index in [0.717, 1.165) is 0 Å². The van der Waals surface area contributed by atoms with E-state index in [4.69, 9.17) is 0 Å². The number of ketones is 1. The summed E-state index contributed by atoms with van der Waals surface area (Å²) in [6, 6.07) is 8.66. The van der Waals surface area contributed by atoms with E-state index >= 15 is 0 Å². The van der Waals surface area contributed by atoms with Crippen LogP contribution >= 0.6 is 22.7 Å². The molecular formula is C14H15NOS2. The summed E-state index contributed by atoms with van der Waals surface area (Å²) in [7, 11) is 0. The molecule has 0 aliphatic carbocycles. The van der Waals surface area contributed by atoms with Crippen molar-refractivity contribution in [2.24, 2.45) is 5.92 Å². The molecule has 0 unspecified atom stereocenters. The van der Waals surface area contributed by atoms with Crippen molar-refractivity contribution in [1.82, 2.24) is 5.32 Å². The Balaban J connectivity index is 1.88. The molecule has 3 atom stereocenters. The Morgan fingerprint density at radius 2 is 1.83 bits per heavy atom. The molecule has 1 N–H and O–H groups in total. The van der Waals surface area contributed by atoms with Crippen LogP contribution in [0.2, 0.25) is 0 Å². The maximum atomic E-state index is 12.2. The third-order valence-electron chi connectivity index (χ3n) is 3.53. The molecule has 0 saturated carbocycles. The molecule has 94 valence electrons. The Labute approximate surface area is 115 Å². The maximum Gasteiger partial charge on any atom is 0.139 e. The van der Waals surface area contributed by atoms with Gasteiger partial charge in [-0.2, -0.15) is 0 Å². The highest BCUT2D eigenvalue weighted by Gasteiger charge is 2.35. The molecule has 0 radical (unpaired) electrons. The van der Waals surface area contributed by atoms with Gasteiger partial charge in [-0.3, -0.25) is 4.79 Å². The number of carbonyl (C=O) groups is 1. The Morgan fingerprint density at radius 1 is 1.17 bits per heavy atom. The van der Waals surface area contributed by atoms with Crippen molar-refractivity contribution >= 4 is 28.5 Å². The SMILES string of the molecule is C[C@@H]1C(=O)C[C@@H](c2cccs2)N[C@H]1c1cccs1. The van der Waals surface area contributed by atoms with Crippen LogP contribution in [0.1, 0.15) is 35.2 Å². The second-order valence-corrected chi connectivity index (χ2v) is 6.65. The number of hydrogen-bond donors (Lipinski definition) is 1. The zero-order valence-corrected chi connectivity index (χ0v) is 11.8. The van der Waals surface area contributed by atoms with Gasteiger partial charge in [-0.1, -0.05) is 19.1 Å². The molecule has 18 heavy (non-hydrogen) atoms. The molecule has 3 rings (SSSR count). The van der Waals surface area contributed by atoms with E-state index in [1.807, 2.05) is 19.1 Å². The molecule has 2 aromatic rings. The summed E-state index contributed by atoms with van der Waals surface area (Å²) < 4.78 is 0. The van der Waals surface area contributed by atoms with Gasteiger partial charge in [-0.15, -0.1) is 22.7 Å². The van der Waals surface area contributed by atoms with Crippen molar-refractivity contribution in [2.45, 2.75) is 25.4 Å². The van der Waals surface area contributed by atoms with E-state index in [-0.39, 0.29) is 18.0 Å². The number of rotatable bonds is 2. The predicted molar refractivity (Wildman–Crippen MR) is 76.0 cm³/mol. The second kappa shape index (κ2) is 4.96. The first kappa shape index (κ1) is 12.1. The van der Waals surface area contributed by atoms with Crippen LogP contribution in [0, 0.1) is 5.92 Å². The number of nitrogens with one attached hydrogen (secondary N) is 1. The minimum atomic E-state index is 0.0693. The number of piperidine rings is 1. The zero-order chi connectivity index (χ0) is 12.5. The summed E-state index contributed by atoms with van der Waals surface area (Å²) in [5.41, 5.74) is 0. The Bertz CT molecular complexity index is 518. The lowest BCUT2D eigenvalue weighted by molar-refractivity contribution is -0.126. The lowest BCUT2D eigenvalue weighted by Gasteiger charge is -2.34. The summed E-state index contributed by atoms with van der Waals surface area (Å²) in [5, 5.41) is 7.78. The van der Waals surface area contributed by atoms with Gasteiger partial charge in [0, 0.05) is 28.1 Å². The Hall–Kier alpha value is -0.970. The fourth-order valence-electron chi connectivity index (χ4n) is 2.46. The number of carbonyl (C=O) groups excluding carboxylic acids is 1. The molecular weight excluding hydrogens is 262 g/mol. The van der Waals surface area contributed by atoms with Gasteiger partial charge in [0.25, 0.3) is 0 Å². The fraction of sp³-hybridized carbons (Fsp3) is 0.357. The monoisotopic (exact) mass is 277 g/mol. The van der Waals surface area contributed by atoms with Gasteiger partial charge in [-0.25, -0.2) is 0 Å². The van der Waals surface area contributed by atoms with Crippen LogP contribution < -0.4 is 5.32 Å². The van der Waals surface area contributed by atoms with E-state index in [0.29, 0.717) is 12.2 Å². The van der Waals surface area contributed by atoms with E-state index in [9.17, 15) is 4.79 Å². The quantitative estimate of drug-likeness (QED) is 0.905. The lowest BCUT2D eigenvalue weighted by atomic mass is 9.86. The molecule has 3 heterocycles. The molecule has 2 nitrogen and oxygen atoms in total. The van der Waals surface area contributed by atoms with Crippen LogP contribution in [0.4, 0.5) is 0 Å². The van der Waals surface area contributed by atoms with Crippen LogP contribution in [0.3, 0.4) is 0 Å². The highest BCUT2D eigenvalue weighted by Crippen LogP contribution is 2.37. The Morgan fingerprint density at radius 3 is 2.44 bits per heavy atom. The fourth-order valence-corrected chi connectivity index (χ4v) is 4.14. The average Bonchev–Trinajstić information content (AvgIpc) is 3.03. The normalized spacial score (nSPS) is 28.5. The summed E-state index contributed by atoms with van der Waals surface area (Å²) in [6.07, 6.45) is 0.615. The van der Waals surface area contributed by atoms with Crippen LogP contribution in [0.25, 0.3) is 0 Å². The van der Waals surface area contributed by atoms with Gasteiger partial charge in [-0.05, 0) is 22.9 Å². The zero-order valence-electron chi connectivity index (χ0n) is 10.1. The third kappa shape index (κ3) is 2.16. The van der Waals surface area contributed by atoms with Gasteiger partial charge >= 0.3 is 0 Å². The minimum absolute atomic E-state index is 0.0693. The number of hydrogen-bond acceptors (Lipinski definition) is 4. The molecule has 1 saturated heterocycles. The van der Waals surface area contributed by atoms with E-state index in [1.54, 1.807) is 22.7 Å². The van der Waals surface area contributed by atoms with Crippen LogP contribution in [0.5, 0.6) is 0 Å². The molecule has 1 aliphatic rings. The van der Waals surface area contributed by atoms with Crippen LogP contribution in [0.15, 0.2) is 35.0 Å².